The molecule has 1 heterocycles. The molecule has 184 valence electrons. The zero-order valence-corrected chi connectivity index (χ0v) is 20.3. The predicted octanol–water partition coefficient (Wildman–Crippen LogP) is 4.39. The van der Waals surface area contributed by atoms with Gasteiger partial charge in [0.2, 0.25) is 11.5 Å². The molecular formula is C22H21Cl2F3N2O4S. The molecule has 6 nitrogen and oxygen atoms in total. The van der Waals surface area contributed by atoms with Gasteiger partial charge in [-0.3, -0.25) is 4.79 Å². The number of rotatable bonds is 5. The lowest BCUT2D eigenvalue weighted by Crippen LogP contribution is -2.46. The van der Waals surface area contributed by atoms with Gasteiger partial charge in [-0.05, 0) is 59.9 Å². The molecule has 1 aliphatic carbocycles. The monoisotopic (exact) mass is 536 g/mol. The molecule has 2 unspecified atom stereocenters. The summed E-state index contributed by atoms with van der Waals surface area (Å²) in [5, 5.41) is 2.87. The van der Waals surface area contributed by atoms with Gasteiger partial charge in [0.1, 0.15) is 12.5 Å². The van der Waals surface area contributed by atoms with Crippen LogP contribution in [0.1, 0.15) is 29.2 Å². The number of sulfone groups is 1. The lowest BCUT2D eigenvalue weighted by Gasteiger charge is -2.31. The van der Waals surface area contributed by atoms with Crippen LogP contribution >= 0.6 is 23.2 Å². The summed E-state index contributed by atoms with van der Waals surface area (Å²) in [6.07, 6.45) is -2.58. The summed E-state index contributed by atoms with van der Waals surface area (Å²) in [5.41, 5.74) is -0.536. The van der Waals surface area contributed by atoms with Crippen molar-refractivity contribution in [3.05, 3.63) is 63.1 Å². The highest BCUT2D eigenvalue weighted by atomic mass is 35.5. The Kier molecular flexibility index (Phi) is 6.56. The van der Waals surface area contributed by atoms with Crippen molar-refractivity contribution < 1.29 is 31.1 Å². The van der Waals surface area contributed by atoms with E-state index < -0.39 is 39.8 Å². The normalized spacial score (nSPS) is 22.6. The van der Waals surface area contributed by atoms with E-state index >= 15 is 0 Å². The van der Waals surface area contributed by atoms with Crippen molar-refractivity contribution in [3.8, 4) is 0 Å². The zero-order chi connectivity index (χ0) is 24.9. The molecule has 2 aliphatic rings. The number of ether oxygens (including phenoxy) is 1. The summed E-state index contributed by atoms with van der Waals surface area (Å²) < 4.78 is 70.8. The average molecular weight is 537 g/mol. The molecule has 1 amide bonds. The van der Waals surface area contributed by atoms with Gasteiger partial charge in [-0.2, -0.15) is 13.2 Å². The van der Waals surface area contributed by atoms with Gasteiger partial charge in [-0.25, -0.2) is 8.42 Å². The highest BCUT2D eigenvalue weighted by Crippen LogP contribution is 2.48. The zero-order valence-electron chi connectivity index (χ0n) is 18.0. The van der Waals surface area contributed by atoms with Gasteiger partial charge in [0.25, 0.3) is 0 Å². The van der Waals surface area contributed by atoms with Gasteiger partial charge < -0.3 is 15.0 Å². The molecule has 0 spiro atoms. The number of alkyl halides is 3. The molecule has 12 heteroatoms. The Labute approximate surface area is 204 Å². The summed E-state index contributed by atoms with van der Waals surface area (Å²) in [4.78, 5) is 13.5. The van der Waals surface area contributed by atoms with Crippen molar-refractivity contribution in [2.45, 2.75) is 30.7 Å². The molecular weight excluding hydrogens is 516 g/mol. The highest BCUT2D eigenvalue weighted by Gasteiger charge is 2.61. The molecule has 34 heavy (non-hydrogen) atoms. The van der Waals surface area contributed by atoms with Crippen LogP contribution in [0.5, 0.6) is 0 Å². The number of benzene rings is 2. The van der Waals surface area contributed by atoms with E-state index in [0.29, 0.717) is 18.5 Å². The third-order valence-electron chi connectivity index (χ3n) is 5.97. The van der Waals surface area contributed by atoms with E-state index in [1.165, 1.54) is 23.1 Å². The van der Waals surface area contributed by atoms with Crippen LogP contribution in [0.25, 0.3) is 0 Å². The van der Waals surface area contributed by atoms with E-state index in [-0.39, 0.29) is 28.4 Å². The summed E-state index contributed by atoms with van der Waals surface area (Å²) in [6, 6.07) is 8.60. The van der Waals surface area contributed by atoms with Crippen LogP contribution in [0.2, 0.25) is 10.0 Å². The second kappa shape index (κ2) is 8.89. The summed E-state index contributed by atoms with van der Waals surface area (Å²) >= 11 is 11.9. The maximum Gasteiger partial charge on any atom is 0.423 e. The average Bonchev–Trinajstić information content (AvgIpc) is 3.31. The lowest BCUT2D eigenvalue weighted by molar-refractivity contribution is -0.264. The predicted molar refractivity (Wildman–Crippen MR) is 123 cm³/mol. The van der Waals surface area contributed by atoms with Crippen LogP contribution in [-0.2, 0) is 31.4 Å². The Morgan fingerprint density at radius 2 is 1.88 bits per heavy atom. The molecule has 0 bridgehead atoms. The summed E-state index contributed by atoms with van der Waals surface area (Å²) in [7, 11) is -3.45. The second-order valence-corrected chi connectivity index (χ2v) is 11.6. The SMILES string of the molecule is CS(=O)(=O)CC(=O)NC1CCc2cc(N3COC(c4cc(Cl)cc(Cl)c4)(C(F)(F)F)C3)ccc21. The molecule has 0 radical (unpaired) electrons. The van der Waals surface area contributed by atoms with Gasteiger partial charge in [-0.1, -0.05) is 29.3 Å². The summed E-state index contributed by atoms with van der Waals surface area (Å²) in [6.45, 7) is -0.780. The minimum atomic E-state index is -4.72. The van der Waals surface area contributed by atoms with E-state index in [2.05, 4.69) is 5.32 Å². The Hall–Kier alpha value is -2.01. The third-order valence-corrected chi connectivity index (χ3v) is 7.19. The first-order chi connectivity index (χ1) is 15.8. The van der Waals surface area contributed by atoms with Crippen LogP contribution in [0.15, 0.2) is 36.4 Å². The molecule has 1 aliphatic heterocycles. The van der Waals surface area contributed by atoms with E-state index in [1.54, 1.807) is 18.2 Å². The number of carbonyl (C=O) groups is 1. The Balaban J connectivity index is 1.57. The molecule has 1 fully saturated rings. The quantitative estimate of drug-likeness (QED) is 0.613. The van der Waals surface area contributed by atoms with Gasteiger partial charge in [0.05, 0.1) is 12.6 Å². The minimum absolute atomic E-state index is 0.0784. The molecule has 2 aromatic rings. The van der Waals surface area contributed by atoms with Crippen molar-refractivity contribution in [2.24, 2.45) is 0 Å². The van der Waals surface area contributed by atoms with Crippen molar-refractivity contribution in [1.82, 2.24) is 5.32 Å². The maximum absolute atomic E-state index is 14.2. The fraction of sp³-hybridized carbons (Fsp3) is 0.409. The van der Waals surface area contributed by atoms with Gasteiger partial charge in [0, 0.05) is 22.0 Å². The fourth-order valence-corrected chi connectivity index (χ4v) is 5.52. The first-order valence-corrected chi connectivity index (χ1v) is 13.1. The van der Waals surface area contributed by atoms with E-state index in [9.17, 15) is 26.4 Å². The van der Waals surface area contributed by atoms with Crippen LogP contribution in [0.3, 0.4) is 0 Å². The molecule has 4 rings (SSSR count). The van der Waals surface area contributed by atoms with Crippen LogP contribution in [0.4, 0.5) is 18.9 Å². The maximum atomic E-state index is 14.2. The number of anilines is 1. The van der Waals surface area contributed by atoms with Crippen molar-refractivity contribution >= 4 is 44.6 Å². The largest absolute Gasteiger partial charge is 0.423 e. The number of nitrogens with zero attached hydrogens (tertiary/aromatic N) is 1. The van der Waals surface area contributed by atoms with Crippen LogP contribution < -0.4 is 10.2 Å². The molecule has 0 saturated carbocycles. The number of hydrogen-bond donors (Lipinski definition) is 1. The van der Waals surface area contributed by atoms with E-state index in [1.807, 2.05) is 0 Å². The van der Waals surface area contributed by atoms with E-state index in [4.69, 9.17) is 27.9 Å². The fourth-order valence-electron chi connectivity index (χ4n) is 4.44. The van der Waals surface area contributed by atoms with E-state index in [0.717, 1.165) is 17.4 Å². The highest BCUT2D eigenvalue weighted by molar-refractivity contribution is 7.91. The van der Waals surface area contributed by atoms with Gasteiger partial charge >= 0.3 is 6.18 Å². The Bertz CT molecular complexity index is 1220. The topological polar surface area (TPSA) is 75.7 Å². The molecule has 1 saturated heterocycles. The number of carbonyl (C=O) groups excluding carboxylic acids is 1. The third kappa shape index (κ3) is 5.00. The summed E-state index contributed by atoms with van der Waals surface area (Å²) in [5.74, 6) is -1.19. The second-order valence-electron chi connectivity index (χ2n) is 8.57. The molecule has 1 N–H and O–H groups in total. The number of hydrogen-bond acceptors (Lipinski definition) is 5. The Morgan fingerprint density at radius 3 is 2.50 bits per heavy atom. The number of halogens is 5. The number of amides is 1. The van der Waals surface area contributed by atoms with Crippen molar-refractivity contribution in [2.75, 3.05) is 30.2 Å². The van der Waals surface area contributed by atoms with Crippen molar-refractivity contribution in [1.29, 1.82) is 0 Å². The number of aryl methyl sites for hydroxylation is 1. The molecule has 2 aromatic carbocycles. The van der Waals surface area contributed by atoms with Crippen LogP contribution in [0, 0.1) is 0 Å². The number of nitrogens with one attached hydrogen (secondary N) is 1. The van der Waals surface area contributed by atoms with Gasteiger partial charge in [-0.15, -0.1) is 0 Å². The molecule has 0 aromatic heterocycles. The smallest absolute Gasteiger partial charge is 0.348 e. The van der Waals surface area contributed by atoms with Crippen molar-refractivity contribution in [3.63, 3.8) is 0 Å². The standard InChI is InChI=1S/C22H21Cl2F3N2O4S/c1-34(31,32)10-20(30)28-19-5-2-13-6-17(3-4-18(13)19)29-11-21(33-12-29,22(25,26)27)14-7-15(23)9-16(24)8-14/h3-4,6-9,19H,2,5,10-12H2,1H3,(H,28,30). The minimum Gasteiger partial charge on any atom is -0.348 e. The van der Waals surface area contributed by atoms with Gasteiger partial charge in [0.15, 0.2) is 9.84 Å². The molecule has 2 atom stereocenters. The lowest BCUT2D eigenvalue weighted by atomic mass is 9.92. The first kappa shape index (κ1) is 25.1. The number of fused-ring (bicyclic) bond motifs is 1. The Morgan fingerprint density at radius 1 is 1.21 bits per heavy atom. The van der Waals surface area contributed by atoms with Crippen LogP contribution in [-0.4, -0.2) is 45.8 Å². The first-order valence-electron chi connectivity index (χ1n) is 10.3.